The first-order valence-corrected chi connectivity index (χ1v) is 7.20. The molecule has 116 valence electrons. The van der Waals surface area contributed by atoms with Crippen LogP contribution in [0.5, 0.6) is 5.75 Å². The Labute approximate surface area is 126 Å². The number of benzene rings is 1. The molecule has 1 aromatic rings. The molecule has 0 saturated carbocycles. The zero-order chi connectivity index (χ0) is 15.9. The molecule has 4 nitrogen and oxygen atoms in total. The van der Waals surface area contributed by atoms with Crippen LogP contribution in [0.3, 0.4) is 0 Å². The number of hydrogen-bond donors (Lipinski definition) is 2. The van der Waals surface area contributed by atoms with Crippen molar-refractivity contribution in [1.29, 1.82) is 0 Å². The maximum atomic E-state index is 12.1. The quantitative estimate of drug-likeness (QED) is 0.759. The Morgan fingerprint density at radius 2 is 2.19 bits per heavy atom. The van der Waals surface area contributed by atoms with Gasteiger partial charge in [-0.05, 0) is 50.0 Å². The molecule has 2 N–H and O–H groups in total. The lowest BCUT2D eigenvalue weighted by atomic mass is 9.94. The third-order valence-corrected chi connectivity index (χ3v) is 3.74. The van der Waals surface area contributed by atoms with E-state index in [1.807, 2.05) is 45.0 Å². The third-order valence-electron chi connectivity index (χ3n) is 3.74. The first-order valence-electron chi connectivity index (χ1n) is 7.20. The average Bonchev–Trinajstić information content (AvgIpc) is 2.47. The maximum absolute atomic E-state index is 12.1. The molecule has 1 rings (SSSR count). The number of hydrogen-bond acceptors (Lipinski definition) is 3. The Morgan fingerprint density at radius 3 is 2.76 bits per heavy atom. The molecule has 0 fully saturated rings. The van der Waals surface area contributed by atoms with E-state index in [4.69, 9.17) is 9.84 Å². The van der Waals surface area contributed by atoms with Crippen LogP contribution in [0.4, 0.5) is 0 Å². The lowest BCUT2D eigenvalue weighted by molar-refractivity contribution is -0.118. The van der Waals surface area contributed by atoms with Crippen LogP contribution in [0.2, 0.25) is 0 Å². The summed E-state index contributed by atoms with van der Waals surface area (Å²) in [6.07, 6.45) is 2.90. The summed E-state index contributed by atoms with van der Waals surface area (Å²) in [7, 11) is 1.62. The second-order valence-electron chi connectivity index (χ2n) is 5.44. The van der Waals surface area contributed by atoms with Gasteiger partial charge in [-0.15, -0.1) is 0 Å². The zero-order valence-electron chi connectivity index (χ0n) is 13.3. The summed E-state index contributed by atoms with van der Waals surface area (Å²) in [5.41, 5.74) is 1.44. The van der Waals surface area contributed by atoms with E-state index < -0.39 is 0 Å². The predicted octanol–water partition coefficient (Wildman–Crippen LogP) is 2.77. The van der Waals surface area contributed by atoms with Gasteiger partial charge in [0, 0.05) is 18.2 Å². The van der Waals surface area contributed by atoms with Crippen LogP contribution in [0.15, 0.2) is 30.3 Å². The van der Waals surface area contributed by atoms with Gasteiger partial charge in [-0.2, -0.15) is 0 Å². The molecule has 0 aliphatic rings. The Morgan fingerprint density at radius 1 is 1.48 bits per heavy atom. The van der Waals surface area contributed by atoms with Crippen molar-refractivity contribution in [1.82, 2.24) is 5.32 Å². The number of rotatable bonds is 7. The highest BCUT2D eigenvalue weighted by Gasteiger charge is 2.22. The molecule has 0 saturated heterocycles. The van der Waals surface area contributed by atoms with Gasteiger partial charge in [-0.1, -0.05) is 19.1 Å². The van der Waals surface area contributed by atoms with Crippen molar-refractivity contribution in [3.8, 4) is 5.75 Å². The molecule has 0 spiro atoms. The monoisotopic (exact) mass is 291 g/mol. The van der Waals surface area contributed by atoms with Crippen LogP contribution < -0.4 is 10.1 Å². The number of carbonyl (C=O) groups is 1. The molecule has 0 aliphatic carbocycles. The minimum Gasteiger partial charge on any atom is -0.497 e. The highest BCUT2D eigenvalue weighted by Crippen LogP contribution is 2.20. The highest BCUT2D eigenvalue weighted by atomic mass is 16.5. The smallest absolute Gasteiger partial charge is 0.244 e. The van der Waals surface area contributed by atoms with Crippen molar-refractivity contribution in [3.05, 3.63) is 35.9 Å². The number of aliphatic hydroxyl groups is 1. The van der Waals surface area contributed by atoms with Crippen molar-refractivity contribution in [2.24, 2.45) is 0 Å². The molecule has 1 aromatic carbocycles. The lowest BCUT2D eigenvalue weighted by Crippen LogP contribution is -2.45. The summed E-state index contributed by atoms with van der Waals surface area (Å²) in [5.74, 6) is 0.618. The lowest BCUT2D eigenvalue weighted by Gasteiger charge is -2.28. The van der Waals surface area contributed by atoms with E-state index in [9.17, 15) is 4.79 Å². The van der Waals surface area contributed by atoms with Gasteiger partial charge in [0.2, 0.25) is 5.91 Å². The summed E-state index contributed by atoms with van der Waals surface area (Å²) in [6.45, 7) is 5.89. The van der Waals surface area contributed by atoms with E-state index in [1.54, 1.807) is 13.2 Å². The normalized spacial score (nSPS) is 14.4. The zero-order valence-corrected chi connectivity index (χ0v) is 13.3. The molecule has 4 heteroatoms. The number of nitrogens with one attached hydrogen (secondary N) is 1. The molecule has 21 heavy (non-hydrogen) atoms. The number of aliphatic hydroxyl groups excluding tert-OH is 1. The van der Waals surface area contributed by atoms with Gasteiger partial charge < -0.3 is 15.2 Å². The highest BCUT2D eigenvalue weighted by molar-refractivity contribution is 5.95. The number of carbonyl (C=O) groups excluding carboxylic acids is 1. The Kier molecular flexibility index (Phi) is 6.43. The van der Waals surface area contributed by atoms with Gasteiger partial charge in [0.1, 0.15) is 5.75 Å². The fourth-order valence-corrected chi connectivity index (χ4v) is 2.06. The summed E-state index contributed by atoms with van der Waals surface area (Å²) >= 11 is 0. The second-order valence-corrected chi connectivity index (χ2v) is 5.44. The molecule has 1 unspecified atom stereocenters. The molecular formula is C17H25NO3. The molecule has 0 aliphatic heterocycles. The summed E-state index contributed by atoms with van der Waals surface area (Å²) in [6, 6.07) is 7.60. The molecular weight excluding hydrogens is 266 g/mol. The number of amides is 1. The fraction of sp³-hybridized carbons (Fsp3) is 0.471. The minimum atomic E-state index is -0.378. The fourth-order valence-electron chi connectivity index (χ4n) is 2.06. The number of allylic oxidation sites excluding steroid dienone is 1. The van der Waals surface area contributed by atoms with Gasteiger partial charge in [0.15, 0.2) is 0 Å². The summed E-state index contributed by atoms with van der Waals surface area (Å²) < 4.78 is 5.18. The van der Waals surface area contributed by atoms with E-state index in [2.05, 4.69) is 5.32 Å². The van der Waals surface area contributed by atoms with Gasteiger partial charge in [0.25, 0.3) is 0 Å². The molecule has 0 radical (unpaired) electrons. The van der Waals surface area contributed by atoms with E-state index in [-0.39, 0.29) is 18.1 Å². The van der Waals surface area contributed by atoms with Crippen LogP contribution in [0.25, 0.3) is 5.57 Å². The first kappa shape index (κ1) is 17.2. The SMILES string of the molecule is CCC(C)(CCO)NC(=O)/C=C(/C)c1cccc(OC)c1. The van der Waals surface area contributed by atoms with Crippen molar-refractivity contribution < 1.29 is 14.6 Å². The van der Waals surface area contributed by atoms with Gasteiger partial charge in [0.05, 0.1) is 7.11 Å². The largest absolute Gasteiger partial charge is 0.497 e. The van der Waals surface area contributed by atoms with Gasteiger partial charge >= 0.3 is 0 Å². The second kappa shape index (κ2) is 7.84. The topological polar surface area (TPSA) is 58.6 Å². The Bertz CT molecular complexity index is 511. The molecule has 0 bridgehead atoms. The van der Waals surface area contributed by atoms with Crippen LogP contribution >= 0.6 is 0 Å². The van der Waals surface area contributed by atoms with Crippen LogP contribution in [0, 0.1) is 0 Å². The first-order chi connectivity index (χ1) is 9.94. The van der Waals surface area contributed by atoms with Gasteiger partial charge in [-0.3, -0.25) is 4.79 Å². The molecule has 1 atom stereocenters. The van der Waals surface area contributed by atoms with Crippen molar-refractivity contribution >= 4 is 11.5 Å². The standard InChI is InChI=1S/C17H25NO3/c1-5-17(3,9-10-19)18-16(20)11-13(2)14-7-6-8-15(12-14)21-4/h6-8,11-12,19H,5,9-10H2,1-4H3,(H,18,20)/b13-11-. The van der Waals surface area contributed by atoms with Crippen LogP contribution in [-0.2, 0) is 4.79 Å². The third kappa shape index (κ3) is 5.23. The molecule has 0 heterocycles. The van der Waals surface area contributed by atoms with Crippen molar-refractivity contribution in [2.45, 2.75) is 39.2 Å². The van der Waals surface area contributed by atoms with E-state index in [1.165, 1.54) is 0 Å². The summed E-state index contributed by atoms with van der Waals surface area (Å²) in [4.78, 5) is 12.1. The summed E-state index contributed by atoms with van der Waals surface area (Å²) in [5, 5.41) is 12.0. The van der Waals surface area contributed by atoms with Crippen LogP contribution in [0.1, 0.15) is 39.2 Å². The predicted molar refractivity (Wildman–Crippen MR) is 85.2 cm³/mol. The van der Waals surface area contributed by atoms with Crippen LogP contribution in [-0.4, -0.2) is 30.3 Å². The van der Waals surface area contributed by atoms with E-state index >= 15 is 0 Å². The molecule has 0 aromatic heterocycles. The number of ether oxygens (including phenoxy) is 1. The van der Waals surface area contributed by atoms with Gasteiger partial charge in [-0.25, -0.2) is 0 Å². The van der Waals surface area contributed by atoms with Crippen molar-refractivity contribution in [3.63, 3.8) is 0 Å². The van der Waals surface area contributed by atoms with Crippen molar-refractivity contribution in [2.75, 3.05) is 13.7 Å². The molecule has 1 amide bonds. The van der Waals surface area contributed by atoms with E-state index in [0.717, 1.165) is 23.3 Å². The Balaban J connectivity index is 2.83. The minimum absolute atomic E-state index is 0.0587. The average molecular weight is 291 g/mol. The maximum Gasteiger partial charge on any atom is 0.244 e. The number of methoxy groups -OCH3 is 1. The van der Waals surface area contributed by atoms with E-state index in [0.29, 0.717) is 6.42 Å². The Hall–Kier alpha value is -1.81.